The van der Waals surface area contributed by atoms with Crippen LogP contribution in [-0.4, -0.2) is 21.6 Å². The van der Waals surface area contributed by atoms with Crippen LogP contribution in [0.3, 0.4) is 0 Å². The summed E-state index contributed by atoms with van der Waals surface area (Å²) in [6, 6.07) is 0. The number of halogens is 4. The predicted octanol–water partition coefficient (Wildman–Crippen LogP) is 2.09. The minimum absolute atomic E-state index is 0.185. The molecule has 0 aromatic heterocycles. The monoisotopic (exact) mass is 247 g/mol. The highest BCUT2D eigenvalue weighted by Crippen LogP contribution is 2.46. The van der Waals surface area contributed by atoms with Crippen molar-refractivity contribution in [1.29, 1.82) is 0 Å². The second kappa shape index (κ2) is 3.23. The number of nitrogens with one attached hydrogen (secondary N) is 1. The van der Waals surface area contributed by atoms with E-state index in [0.29, 0.717) is 11.8 Å². The largest absolute Gasteiger partial charge is 0.478 e. The molecule has 1 unspecified atom stereocenters. The van der Waals surface area contributed by atoms with Gasteiger partial charge in [-0.05, 0) is 6.92 Å². The van der Waals surface area contributed by atoms with Crippen LogP contribution >= 0.6 is 23.4 Å². The van der Waals surface area contributed by atoms with Crippen molar-refractivity contribution in [2.45, 2.75) is 17.4 Å². The van der Waals surface area contributed by atoms with Crippen molar-refractivity contribution in [2.75, 3.05) is 0 Å². The van der Waals surface area contributed by atoms with Gasteiger partial charge in [-0.15, -0.1) is 0 Å². The molecule has 1 aliphatic heterocycles. The second-order valence-corrected chi connectivity index (χ2v) is 4.78. The van der Waals surface area contributed by atoms with E-state index < -0.39 is 22.2 Å². The lowest BCUT2D eigenvalue weighted by Gasteiger charge is -2.17. The Hall–Kier alpha value is -0.560. The Morgan fingerprint density at radius 1 is 1.64 bits per heavy atom. The standard InChI is InChI=1S/C6H5ClF3NO2S/c1-2-3(6(8,9)10)11-5(7,14-2)4(12)13/h11H,1H3,(H,12,13). The maximum absolute atomic E-state index is 12.2. The molecule has 0 aromatic rings. The number of carboxylic acids is 1. The third kappa shape index (κ3) is 1.93. The summed E-state index contributed by atoms with van der Waals surface area (Å²) in [5.41, 5.74) is -1.10. The molecule has 1 heterocycles. The Morgan fingerprint density at radius 3 is 2.36 bits per heavy atom. The molecular weight excluding hydrogens is 243 g/mol. The molecule has 8 heteroatoms. The van der Waals surface area contributed by atoms with Gasteiger partial charge >= 0.3 is 12.1 Å². The fraction of sp³-hybridized carbons (Fsp3) is 0.500. The topological polar surface area (TPSA) is 49.3 Å². The molecule has 0 bridgehead atoms. The molecular formula is C6H5ClF3NO2S. The number of allylic oxidation sites excluding steroid dienone is 2. The Labute approximate surface area is 86.3 Å². The quantitative estimate of drug-likeness (QED) is 0.550. The average Bonchev–Trinajstić information content (AvgIpc) is 2.26. The number of carboxylic acid groups (broad SMARTS) is 1. The van der Waals surface area contributed by atoms with Crippen LogP contribution in [0.5, 0.6) is 0 Å². The summed E-state index contributed by atoms with van der Waals surface area (Å²) in [5.74, 6) is -1.55. The number of rotatable bonds is 1. The van der Waals surface area contributed by atoms with Gasteiger partial charge in [-0.2, -0.15) is 13.2 Å². The van der Waals surface area contributed by atoms with Crippen molar-refractivity contribution < 1.29 is 23.1 Å². The molecule has 1 aliphatic rings. The molecule has 14 heavy (non-hydrogen) atoms. The molecule has 0 saturated heterocycles. The lowest BCUT2D eigenvalue weighted by molar-refractivity contribution is -0.138. The summed E-state index contributed by atoms with van der Waals surface area (Å²) >= 11 is 5.84. The van der Waals surface area contributed by atoms with Gasteiger partial charge in [-0.3, -0.25) is 0 Å². The van der Waals surface area contributed by atoms with E-state index >= 15 is 0 Å². The van der Waals surface area contributed by atoms with Gasteiger partial charge in [0.05, 0.1) is 0 Å². The summed E-state index contributed by atoms with van der Waals surface area (Å²) in [4.78, 5) is 10.3. The molecule has 3 nitrogen and oxygen atoms in total. The first-order valence-electron chi connectivity index (χ1n) is 3.34. The molecule has 0 spiro atoms. The number of alkyl halides is 4. The minimum Gasteiger partial charge on any atom is -0.478 e. The Balaban J connectivity index is 2.95. The van der Waals surface area contributed by atoms with Crippen LogP contribution in [0.15, 0.2) is 10.6 Å². The van der Waals surface area contributed by atoms with Gasteiger partial charge in [0.1, 0.15) is 5.70 Å². The fourth-order valence-electron chi connectivity index (χ4n) is 0.904. The third-order valence-corrected chi connectivity index (χ3v) is 3.05. The minimum atomic E-state index is -4.61. The van der Waals surface area contributed by atoms with E-state index in [1.165, 1.54) is 0 Å². The van der Waals surface area contributed by atoms with Crippen molar-refractivity contribution in [3.8, 4) is 0 Å². The van der Waals surface area contributed by atoms with Crippen LogP contribution in [0.25, 0.3) is 0 Å². The molecule has 0 saturated carbocycles. The van der Waals surface area contributed by atoms with Crippen molar-refractivity contribution >= 4 is 29.3 Å². The summed E-state index contributed by atoms with van der Waals surface area (Å²) in [6.07, 6.45) is -4.61. The molecule has 0 amide bonds. The second-order valence-electron chi connectivity index (χ2n) is 2.56. The van der Waals surface area contributed by atoms with Gasteiger partial charge in [0, 0.05) is 4.91 Å². The molecule has 0 radical (unpaired) electrons. The predicted molar refractivity (Wildman–Crippen MR) is 45.7 cm³/mol. The van der Waals surface area contributed by atoms with E-state index in [-0.39, 0.29) is 4.91 Å². The maximum atomic E-state index is 12.2. The van der Waals surface area contributed by atoms with Crippen molar-refractivity contribution in [3.63, 3.8) is 0 Å². The molecule has 80 valence electrons. The Kier molecular flexibility index (Phi) is 2.66. The smallest absolute Gasteiger partial charge is 0.431 e. The number of hydrogen-bond acceptors (Lipinski definition) is 3. The Bertz CT molecular complexity index is 317. The van der Waals surface area contributed by atoms with E-state index in [4.69, 9.17) is 16.7 Å². The zero-order valence-electron chi connectivity index (χ0n) is 6.78. The summed E-state index contributed by atoms with van der Waals surface area (Å²) < 4.78 is 34.6. The number of carbonyl (C=O) groups is 1. The van der Waals surface area contributed by atoms with Crippen molar-refractivity contribution in [2.24, 2.45) is 0 Å². The maximum Gasteiger partial charge on any atom is 0.431 e. The first-order valence-corrected chi connectivity index (χ1v) is 4.54. The highest BCUT2D eigenvalue weighted by atomic mass is 35.5. The molecule has 0 aromatic carbocycles. The van der Waals surface area contributed by atoms with Crippen molar-refractivity contribution in [3.05, 3.63) is 10.6 Å². The summed E-state index contributed by atoms with van der Waals surface area (Å²) in [6.45, 7) is 1.16. The first-order chi connectivity index (χ1) is 6.17. The average molecular weight is 248 g/mol. The van der Waals surface area contributed by atoms with Gasteiger partial charge in [0.2, 0.25) is 0 Å². The number of thioether (sulfide) groups is 1. The first kappa shape index (κ1) is 11.5. The third-order valence-electron chi connectivity index (χ3n) is 1.49. The normalized spacial score (nSPS) is 27.8. The van der Waals surface area contributed by atoms with Gasteiger partial charge in [-0.1, -0.05) is 23.4 Å². The lowest BCUT2D eigenvalue weighted by Crippen LogP contribution is -2.42. The van der Waals surface area contributed by atoms with Crippen molar-refractivity contribution in [1.82, 2.24) is 5.32 Å². The molecule has 1 rings (SSSR count). The fourth-order valence-corrected chi connectivity index (χ4v) is 2.28. The molecule has 0 aliphatic carbocycles. The van der Waals surface area contributed by atoms with E-state index in [0.717, 1.165) is 6.92 Å². The number of hydrogen-bond donors (Lipinski definition) is 2. The van der Waals surface area contributed by atoms with Crippen LogP contribution in [0, 0.1) is 0 Å². The van der Waals surface area contributed by atoms with Crippen LogP contribution in [-0.2, 0) is 4.79 Å². The van der Waals surface area contributed by atoms with E-state index in [1.807, 2.05) is 0 Å². The molecule has 2 N–H and O–H groups in total. The molecule has 1 atom stereocenters. The van der Waals surface area contributed by atoms with Gasteiger partial charge < -0.3 is 10.4 Å². The highest BCUT2D eigenvalue weighted by molar-refractivity contribution is 8.06. The zero-order valence-corrected chi connectivity index (χ0v) is 8.35. The summed E-state index contributed by atoms with van der Waals surface area (Å²) in [5, 5.41) is 10.3. The lowest BCUT2D eigenvalue weighted by atomic mass is 10.4. The highest BCUT2D eigenvalue weighted by Gasteiger charge is 2.51. The van der Waals surface area contributed by atoms with E-state index in [9.17, 15) is 18.0 Å². The number of aliphatic carboxylic acids is 1. The van der Waals surface area contributed by atoms with Crippen LogP contribution in [0.1, 0.15) is 6.92 Å². The van der Waals surface area contributed by atoms with E-state index in [1.54, 1.807) is 5.32 Å². The Morgan fingerprint density at radius 2 is 2.14 bits per heavy atom. The van der Waals surface area contributed by atoms with Gasteiger partial charge in [0.25, 0.3) is 4.33 Å². The van der Waals surface area contributed by atoms with E-state index in [2.05, 4.69) is 0 Å². The summed E-state index contributed by atoms with van der Waals surface area (Å²) in [7, 11) is 0. The molecule has 0 fully saturated rings. The van der Waals surface area contributed by atoms with Crippen LogP contribution in [0.2, 0.25) is 0 Å². The van der Waals surface area contributed by atoms with Gasteiger partial charge in [0.15, 0.2) is 0 Å². The SMILES string of the molecule is CC1=C(C(F)(F)F)NC(Cl)(C(=O)O)S1. The van der Waals surface area contributed by atoms with Crippen LogP contribution in [0.4, 0.5) is 13.2 Å². The zero-order chi connectivity index (χ0) is 11.1. The van der Waals surface area contributed by atoms with Gasteiger partial charge in [-0.25, -0.2) is 4.79 Å². The van der Waals surface area contributed by atoms with Crippen LogP contribution < -0.4 is 5.32 Å².